The first-order chi connectivity index (χ1) is 9.01. The minimum Gasteiger partial charge on any atom is -0.481 e. The van der Waals surface area contributed by atoms with E-state index in [1.807, 2.05) is 0 Å². The largest absolute Gasteiger partial charge is 0.481 e. The molecular formula is C15H28O4. The molecule has 2 unspecified atom stereocenters. The van der Waals surface area contributed by atoms with E-state index in [2.05, 4.69) is 13.8 Å². The summed E-state index contributed by atoms with van der Waals surface area (Å²) in [6, 6.07) is 0. The minimum absolute atomic E-state index is 0.000163. The van der Waals surface area contributed by atoms with Gasteiger partial charge in [-0.3, -0.25) is 9.59 Å². The molecule has 0 radical (unpaired) electrons. The lowest BCUT2D eigenvalue weighted by Gasteiger charge is -2.19. The number of carbonyl (C=O) groups is 2. The predicted molar refractivity (Wildman–Crippen MR) is 75.2 cm³/mol. The van der Waals surface area contributed by atoms with Crippen molar-refractivity contribution in [3.63, 3.8) is 0 Å². The molecule has 0 amide bonds. The molecule has 19 heavy (non-hydrogen) atoms. The lowest BCUT2D eigenvalue weighted by atomic mass is 9.85. The van der Waals surface area contributed by atoms with E-state index in [1.165, 1.54) is 0 Å². The molecule has 4 heteroatoms. The first kappa shape index (κ1) is 17.9. The molecule has 0 bridgehead atoms. The number of carboxylic acid groups (broad SMARTS) is 2. The van der Waals surface area contributed by atoms with Gasteiger partial charge in [-0.1, -0.05) is 46.0 Å². The molecule has 4 nitrogen and oxygen atoms in total. The van der Waals surface area contributed by atoms with E-state index < -0.39 is 11.9 Å². The summed E-state index contributed by atoms with van der Waals surface area (Å²) in [6.45, 7) is 4.15. The zero-order chi connectivity index (χ0) is 14.7. The molecule has 0 aliphatic heterocycles. The van der Waals surface area contributed by atoms with Crippen molar-refractivity contribution in [2.75, 3.05) is 0 Å². The number of hydrogen-bond acceptors (Lipinski definition) is 2. The van der Waals surface area contributed by atoms with E-state index >= 15 is 0 Å². The quantitative estimate of drug-likeness (QED) is 0.528. The van der Waals surface area contributed by atoms with Crippen LogP contribution in [0.4, 0.5) is 0 Å². The topological polar surface area (TPSA) is 74.6 Å². The molecule has 0 fully saturated rings. The molecule has 0 rings (SSSR count). The van der Waals surface area contributed by atoms with E-state index in [9.17, 15) is 14.7 Å². The van der Waals surface area contributed by atoms with Crippen LogP contribution in [0.2, 0.25) is 0 Å². The van der Waals surface area contributed by atoms with Gasteiger partial charge in [-0.15, -0.1) is 0 Å². The van der Waals surface area contributed by atoms with Gasteiger partial charge in [0.2, 0.25) is 0 Å². The van der Waals surface area contributed by atoms with Gasteiger partial charge < -0.3 is 10.2 Å². The fourth-order valence-corrected chi connectivity index (χ4v) is 2.43. The van der Waals surface area contributed by atoms with Crippen LogP contribution in [-0.4, -0.2) is 22.2 Å². The second kappa shape index (κ2) is 10.8. The minimum atomic E-state index is -0.821. The Morgan fingerprint density at radius 1 is 0.947 bits per heavy atom. The summed E-state index contributed by atoms with van der Waals surface area (Å²) in [5.74, 6) is -1.98. The highest BCUT2D eigenvalue weighted by Gasteiger charge is 2.23. The average Bonchev–Trinajstić information content (AvgIpc) is 2.33. The smallest absolute Gasteiger partial charge is 0.306 e. The zero-order valence-corrected chi connectivity index (χ0v) is 12.2. The molecule has 0 spiro atoms. The summed E-state index contributed by atoms with van der Waals surface area (Å²) in [6.07, 6.45) is 7.11. The maximum Gasteiger partial charge on any atom is 0.306 e. The fraction of sp³-hybridized carbons (Fsp3) is 0.867. The van der Waals surface area contributed by atoms with Crippen LogP contribution in [0.25, 0.3) is 0 Å². The van der Waals surface area contributed by atoms with Crippen LogP contribution >= 0.6 is 0 Å². The van der Waals surface area contributed by atoms with Gasteiger partial charge >= 0.3 is 11.9 Å². The van der Waals surface area contributed by atoms with Crippen LogP contribution in [0.3, 0.4) is 0 Å². The standard InChI is InChI=1S/C15H28O4/c1-3-5-7-9-13(15(18)19)10-12(8-6-4-2)11-14(16)17/h12-13H,3-11H2,1-2H3,(H,16,17)(H,18,19). The number of aliphatic carboxylic acids is 2. The molecule has 2 atom stereocenters. The number of rotatable bonds is 12. The Labute approximate surface area is 116 Å². The third kappa shape index (κ3) is 9.51. The van der Waals surface area contributed by atoms with E-state index in [0.29, 0.717) is 12.8 Å². The molecule has 2 N–H and O–H groups in total. The lowest BCUT2D eigenvalue weighted by molar-refractivity contribution is -0.144. The highest BCUT2D eigenvalue weighted by atomic mass is 16.4. The molecule has 0 aliphatic rings. The van der Waals surface area contributed by atoms with Gasteiger partial charge in [0.05, 0.1) is 5.92 Å². The van der Waals surface area contributed by atoms with Gasteiger partial charge in [-0.05, 0) is 25.2 Å². The Kier molecular flexibility index (Phi) is 10.2. The van der Waals surface area contributed by atoms with Crippen LogP contribution in [0.15, 0.2) is 0 Å². The molecule has 0 aromatic heterocycles. The average molecular weight is 272 g/mol. The van der Waals surface area contributed by atoms with E-state index in [4.69, 9.17) is 5.11 Å². The molecule has 0 aliphatic carbocycles. The summed E-state index contributed by atoms with van der Waals surface area (Å²) in [4.78, 5) is 22.1. The van der Waals surface area contributed by atoms with Gasteiger partial charge in [-0.2, -0.15) is 0 Å². The van der Waals surface area contributed by atoms with Gasteiger partial charge in [0.1, 0.15) is 0 Å². The third-order valence-corrected chi connectivity index (χ3v) is 3.55. The van der Waals surface area contributed by atoms with Crippen molar-refractivity contribution < 1.29 is 19.8 Å². The Bertz CT molecular complexity index is 263. The van der Waals surface area contributed by atoms with Crippen LogP contribution in [0.1, 0.15) is 71.6 Å². The highest BCUT2D eigenvalue weighted by molar-refractivity contribution is 5.70. The van der Waals surface area contributed by atoms with Gasteiger partial charge in [0.25, 0.3) is 0 Å². The number of hydrogen-bond donors (Lipinski definition) is 2. The summed E-state index contributed by atoms with van der Waals surface area (Å²) < 4.78 is 0. The second-order valence-corrected chi connectivity index (χ2v) is 5.37. The summed E-state index contributed by atoms with van der Waals surface area (Å²) in [5.41, 5.74) is 0. The predicted octanol–water partition coefficient (Wildman–Crippen LogP) is 3.94. The summed E-state index contributed by atoms with van der Waals surface area (Å²) >= 11 is 0. The SMILES string of the molecule is CCCCCC(CC(CCCC)CC(=O)O)C(=O)O. The summed E-state index contributed by atoms with van der Waals surface area (Å²) in [7, 11) is 0. The second-order valence-electron chi connectivity index (χ2n) is 5.37. The molecule has 0 aromatic carbocycles. The Balaban J connectivity index is 4.36. The van der Waals surface area contributed by atoms with Crippen molar-refractivity contribution in [3.05, 3.63) is 0 Å². The highest BCUT2D eigenvalue weighted by Crippen LogP contribution is 2.25. The van der Waals surface area contributed by atoms with Crippen LogP contribution in [0, 0.1) is 11.8 Å². The number of carboxylic acids is 2. The van der Waals surface area contributed by atoms with Gasteiger partial charge in [0, 0.05) is 6.42 Å². The van der Waals surface area contributed by atoms with Crippen molar-refractivity contribution in [1.82, 2.24) is 0 Å². The monoisotopic (exact) mass is 272 g/mol. The maximum absolute atomic E-state index is 11.2. The maximum atomic E-state index is 11.2. The molecule has 0 saturated heterocycles. The number of unbranched alkanes of at least 4 members (excludes halogenated alkanes) is 3. The van der Waals surface area contributed by atoms with E-state index in [0.717, 1.165) is 38.5 Å². The first-order valence-electron chi connectivity index (χ1n) is 7.45. The normalized spacial score (nSPS) is 14.0. The van der Waals surface area contributed by atoms with Crippen molar-refractivity contribution in [2.45, 2.75) is 71.6 Å². The van der Waals surface area contributed by atoms with E-state index in [-0.39, 0.29) is 18.3 Å². The third-order valence-electron chi connectivity index (χ3n) is 3.55. The Morgan fingerprint density at radius 2 is 1.58 bits per heavy atom. The van der Waals surface area contributed by atoms with Crippen LogP contribution in [0.5, 0.6) is 0 Å². The van der Waals surface area contributed by atoms with Gasteiger partial charge in [0.15, 0.2) is 0 Å². The molecule has 112 valence electrons. The Morgan fingerprint density at radius 3 is 2.05 bits per heavy atom. The van der Waals surface area contributed by atoms with Crippen molar-refractivity contribution in [1.29, 1.82) is 0 Å². The zero-order valence-electron chi connectivity index (χ0n) is 12.2. The Hall–Kier alpha value is -1.06. The van der Waals surface area contributed by atoms with Gasteiger partial charge in [-0.25, -0.2) is 0 Å². The first-order valence-corrected chi connectivity index (χ1v) is 7.45. The van der Waals surface area contributed by atoms with Crippen molar-refractivity contribution >= 4 is 11.9 Å². The molecule has 0 aromatic rings. The fourth-order valence-electron chi connectivity index (χ4n) is 2.43. The molecule has 0 saturated carbocycles. The molecule has 0 heterocycles. The van der Waals surface area contributed by atoms with Crippen LogP contribution in [-0.2, 0) is 9.59 Å². The van der Waals surface area contributed by atoms with E-state index in [1.54, 1.807) is 0 Å². The van der Waals surface area contributed by atoms with Crippen molar-refractivity contribution in [2.24, 2.45) is 11.8 Å². The lowest BCUT2D eigenvalue weighted by Crippen LogP contribution is -2.20. The van der Waals surface area contributed by atoms with Crippen molar-refractivity contribution in [3.8, 4) is 0 Å². The summed E-state index contributed by atoms with van der Waals surface area (Å²) in [5, 5.41) is 18.1. The van der Waals surface area contributed by atoms with Crippen LogP contribution < -0.4 is 0 Å². The molecular weight excluding hydrogens is 244 g/mol.